The summed E-state index contributed by atoms with van der Waals surface area (Å²) in [4.78, 5) is 19.7. The molecule has 5 rings (SSSR count). The highest BCUT2D eigenvalue weighted by atomic mass is 16.2. The van der Waals surface area contributed by atoms with Crippen LogP contribution in [0, 0.1) is 0 Å². The van der Waals surface area contributed by atoms with Crippen molar-refractivity contribution in [3.8, 4) is 5.69 Å². The summed E-state index contributed by atoms with van der Waals surface area (Å²) in [5.74, 6) is 0.920. The van der Waals surface area contributed by atoms with Gasteiger partial charge in [0.25, 0.3) is 0 Å². The number of anilines is 1. The molecule has 1 N–H and O–H groups in total. The summed E-state index contributed by atoms with van der Waals surface area (Å²) in [7, 11) is 2.05. The van der Waals surface area contributed by atoms with E-state index in [1.807, 2.05) is 55.6 Å². The number of nitrogens with one attached hydrogen (secondary N) is 1. The van der Waals surface area contributed by atoms with E-state index in [9.17, 15) is 4.79 Å². The van der Waals surface area contributed by atoms with Gasteiger partial charge >= 0.3 is 5.69 Å². The number of hydrogen-bond donors (Lipinski definition) is 1. The molecule has 4 aromatic rings. The number of fused-ring (bicyclic) bond motifs is 1. The summed E-state index contributed by atoms with van der Waals surface area (Å²) in [5, 5.41) is 11.7. The molecule has 1 aliphatic rings. The van der Waals surface area contributed by atoms with Crippen molar-refractivity contribution in [3.63, 3.8) is 0 Å². The first-order valence-corrected chi connectivity index (χ1v) is 10.7. The topological polar surface area (TPSA) is 85.8 Å². The lowest BCUT2D eigenvalue weighted by atomic mass is 10.1. The van der Waals surface area contributed by atoms with Crippen molar-refractivity contribution in [3.05, 3.63) is 65.1 Å². The quantitative estimate of drug-likeness (QED) is 0.515. The highest BCUT2D eigenvalue weighted by Gasteiger charge is 2.21. The molecular formula is C22H26N8O. The van der Waals surface area contributed by atoms with Gasteiger partial charge in [0.2, 0.25) is 5.95 Å². The average Bonchev–Trinajstić information content (AvgIpc) is 3.33. The van der Waals surface area contributed by atoms with Crippen molar-refractivity contribution in [1.82, 2.24) is 34.2 Å². The Morgan fingerprint density at radius 3 is 2.48 bits per heavy atom. The first-order chi connectivity index (χ1) is 15.2. The van der Waals surface area contributed by atoms with Crippen LogP contribution in [-0.4, -0.2) is 59.9 Å². The SMILES string of the molecule is Cn1c(NC2CCN(CCn3nnn(-c4ccccc4)c3=O)CC2)nc2ccccc21. The van der Waals surface area contributed by atoms with Gasteiger partial charge in [-0.05, 0) is 47.5 Å². The average molecular weight is 419 g/mol. The van der Waals surface area contributed by atoms with Crippen molar-refractivity contribution in [2.24, 2.45) is 7.05 Å². The highest BCUT2D eigenvalue weighted by molar-refractivity contribution is 5.78. The fourth-order valence-electron chi connectivity index (χ4n) is 4.14. The molecule has 0 spiro atoms. The second kappa shape index (κ2) is 8.35. The van der Waals surface area contributed by atoms with Gasteiger partial charge in [-0.15, -0.1) is 0 Å². The minimum absolute atomic E-state index is 0.204. The fourth-order valence-corrected chi connectivity index (χ4v) is 4.14. The van der Waals surface area contributed by atoms with Crippen LogP contribution in [-0.2, 0) is 13.6 Å². The molecule has 1 saturated heterocycles. The highest BCUT2D eigenvalue weighted by Crippen LogP contribution is 2.21. The van der Waals surface area contributed by atoms with Gasteiger partial charge in [-0.3, -0.25) is 0 Å². The normalized spacial score (nSPS) is 15.5. The van der Waals surface area contributed by atoms with E-state index in [1.54, 1.807) is 0 Å². The minimum atomic E-state index is -0.204. The van der Waals surface area contributed by atoms with Gasteiger partial charge in [-0.1, -0.05) is 30.3 Å². The predicted molar refractivity (Wildman–Crippen MR) is 119 cm³/mol. The maximum Gasteiger partial charge on any atom is 0.368 e. The van der Waals surface area contributed by atoms with Crippen molar-refractivity contribution < 1.29 is 0 Å². The Morgan fingerprint density at radius 2 is 1.71 bits per heavy atom. The van der Waals surface area contributed by atoms with Crippen molar-refractivity contribution in [1.29, 1.82) is 0 Å². The molecule has 0 saturated carbocycles. The first-order valence-electron chi connectivity index (χ1n) is 10.7. The van der Waals surface area contributed by atoms with Gasteiger partial charge in [0.1, 0.15) is 0 Å². The summed E-state index contributed by atoms with van der Waals surface area (Å²) in [6.07, 6.45) is 2.07. The van der Waals surface area contributed by atoms with Crippen LogP contribution < -0.4 is 11.0 Å². The molecule has 9 heteroatoms. The van der Waals surface area contributed by atoms with Crippen molar-refractivity contribution in [2.75, 3.05) is 25.0 Å². The number of para-hydroxylation sites is 3. The fraction of sp³-hybridized carbons (Fsp3) is 0.364. The van der Waals surface area contributed by atoms with Crippen LogP contribution in [0.15, 0.2) is 59.4 Å². The predicted octanol–water partition coefficient (Wildman–Crippen LogP) is 1.89. The Bertz CT molecular complexity index is 1220. The number of benzene rings is 2. The number of imidazole rings is 1. The Balaban J connectivity index is 1.15. The van der Waals surface area contributed by atoms with Crippen LogP contribution in [0.3, 0.4) is 0 Å². The summed E-state index contributed by atoms with van der Waals surface area (Å²) in [6.45, 7) is 3.27. The lowest BCUT2D eigenvalue weighted by molar-refractivity contribution is 0.207. The molecular weight excluding hydrogens is 392 g/mol. The van der Waals surface area contributed by atoms with E-state index in [4.69, 9.17) is 4.98 Å². The Morgan fingerprint density at radius 1 is 0.968 bits per heavy atom. The molecule has 1 fully saturated rings. The summed E-state index contributed by atoms with van der Waals surface area (Å²) in [6, 6.07) is 18.0. The number of aromatic nitrogens is 6. The Labute approximate surface area is 179 Å². The van der Waals surface area contributed by atoms with Crippen LogP contribution in [0.5, 0.6) is 0 Å². The third-order valence-electron chi connectivity index (χ3n) is 5.98. The zero-order chi connectivity index (χ0) is 21.2. The maximum atomic E-state index is 12.6. The molecule has 0 bridgehead atoms. The zero-order valence-corrected chi connectivity index (χ0v) is 17.6. The van der Waals surface area contributed by atoms with E-state index in [1.165, 1.54) is 9.36 Å². The van der Waals surface area contributed by atoms with E-state index in [2.05, 4.69) is 31.3 Å². The van der Waals surface area contributed by atoms with Crippen LogP contribution in [0.25, 0.3) is 16.7 Å². The second-order valence-corrected chi connectivity index (χ2v) is 7.98. The molecule has 31 heavy (non-hydrogen) atoms. The van der Waals surface area contributed by atoms with Crippen molar-refractivity contribution in [2.45, 2.75) is 25.4 Å². The molecule has 2 aromatic carbocycles. The standard InChI is InChI=1S/C22H26N8O/c1-27-20-10-6-5-9-19(20)24-21(27)23-17-11-13-28(14-12-17)15-16-29-22(31)30(26-25-29)18-7-3-2-4-8-18/h2-10,17H,11-16H2,1H3,(H,23,24). The number of likely N-dealkylation sites (tertiary alicyclic amines) is 1. The van der Waals surface area contributed by atoms with E-state index in [0.717, 1.165) is 55.1 Å². The van der Waals surface area contributed by atoms with Gasteiger partial charge in [0.05, 0.1) is 23.3 Å². The van der Waals surface area contributed by atoms with E-state index in [0.29, 0.717) is 12.6 Å². The zero-order valence-electron chi connectivity index (χ0n) is 17.6. The van der Waals surface area contributed by atoms with E-state index < -0.39 is 0 Å². The molecule has 0 amide bonds. The van der Waals surface area contributed by atoms with E-state index >= 15 is 0 Å². The number of hydrogen-bond acceptors (Lipinski definition) is 6. The van der Waals surface area contributed by atoms with Crippen LogP contribution in [0.1, 0.15) is 12.8 Å². The van der Waals surface area contributed by atoms with Gasteiger partial charge in [0, 0.05) is 32.7 Å². The van der Waals surface area contributed by atoms with Crippen LogP contribution in [0.4, 0.5) is 5.95 Å². The van der Waals surface area contributed by atoms with Crippen LogP contribution in [0.2, 0.25) is 0 Å². The third-order valence-corrected chi connectivity index (χ3v) is 5.98. The molecule has 0 aliphatic carbocycles. The molecule has 0 radical (unpaired) electrons. The maximum absolute atomic E-state index is 12.6. The number of tetrazole rings is 1. The molecule has 0 atom stereocenters. The Kier molecular flexibility index (Phi) is 5.25. The molecule has 9 nitrogen and oxygen atoms in total. The molecule has 2 aromatic heterocycles. The molecule has 1 aliphatic heterocycles. The van der Waals surface area contributed by atoms with Gasteiger partial charge in [-0.2, -0.15) is 9.36 Å². The van der Waals surface area contributed by atoms with Gasteiger partial charge in [-0.25, -0.2) is 9.78 Å². The van der Waals surface area contributed by atoms with Gasteiger partial charge < -0.3 is 14.8 Å². The van der Waals surface area contributed by atoms with Gasteiger partial charge in [0.15, 0.2) is 0 Å². The number of rotatable bonds is 6. The second-order valence-electron chi connectivity index (χ2n) is 7.98. The Hall–Kier alpha value is -3.46. The molecule has 0 unspecified atom stereocenters. The number of piperidine rings is 1. The first kappa shape index (κ1) is 19.5. The number of aryl methyl sites for hydroxylation is 1. The lowest BCUT2D eigenvalue weighted by Crippen LogP contribution is -2.41. The van der Waals surface area contributed by atoms with E-state index in [-0.39, 0.29) is 5.69 Å². The molecule has 160 valence electrons. The number of nitrogens with zero attached hydrogens (tertiary/aromatic N) is 7. The third kappa shape index (κ3) is 3.96. The monoisotopic (exact) mass is 418 g/mol. The smallest absolute Gasteiger partial charge is 0.353 e. The largest absolute Gasteiger partial charge is 0.368 e. The summed E-state index contributed by atoms with van der Waals surface area (Å²) >= 11 is 0. The summed E-state index contributed by atoms with van der Waals surface area (Å²) < 4.78 is 4.90. The van der Waals surface area contributed by atoms with Crippen LogP contribution >= 0.6 is 0 Å². The molecule has 3 heterocycles. The lowest BCUT2D eigenvalue weighted by Gasteiger charge is -2.32. The van der Waals surface area contributed by atoms with Crippen molar-refractivity contribution >= 4 is 17.0 Å². The summed E-state index contributed by atoms with van der Waals surface area (Å²) in [5.41, 5.74) is 2.67. The minimum Gasteiger partial charge on any atom is -0.353 e.